The fourth-order valence-corrected chi connectivity index (χ4v) is 3.60. The van der Waals surface area contributed by atoms with Crippen LogP contribution in [0.25, 0.3) is 0 Å². The Hall–Kier alpha value is -3.41. The van der Waals surface area contributed by atoms with E-state index in [9.17, 15) is 24.0 Å². The van der Waals surface area contributed by atoms with Crippen LogP contribution >= 0.6 is 0 Å². The van der Waals surface area contributed by atoms with Crippen molar-refractivity contribution in [1.29, 1.82) is 0 Å². The van der Waals surface area contributed by atoms with Crippen LogP contribution in [0.2, 0.25) is 0 Å². The van der Waals surface area contributed by atoms with Crippen LogP contribution in [0.15, 0.2) is 42.5 Å². The molecule has 0 aromatic heterocycles. The molecule has 0 aliphatic carbocycles. The van der Waals surface area contributed by atoms with E-state index in [0.29, 0.717) is 13.0 Å². The minimum Gasteiger partial charge on any atom is -0.480 e. The van der Waals surface area contributed by atoms with Gasteiger partial charge >= 0.3 is 17.8 Å². The molecule has 34 heavy (non-hydrogen) atoms. The molecule has 1 heterocycles. The summed E-state index contributed by atoms with van der Waals surface area (Å²) in [6.45, 7) is 1.86. The molecule has 11 heteroatoms. The molecule has 4 amide bonds. The second-order valence-electron chi connectivity index (χ2n) is 7.98. The van der Waals surface area contributed by atoms with E-state index in [2.05, 4.69) is 21.3 Å². The first kappa shape index (κ1) is 26.8. The molecule has 0 saturated carbocycles. The molecule has 5 N–H and O–H groups in total. The molecule has 1 atom stereocenters. The lowest BCUT2D eigenvalue weighted by Gasteiger charge is -2.28. The maximum absolute atomic E-state index is 12.5. The number of hydrogen-bond donors (Lipinski definition) is 5. The van der Waals surface area contributed by atoms with Crippen LogP contribution in [0, 0.1) is 0 Å². The summed E-state index contributed by atoms with van der Waals surface area (Å²) < 4.78 is -0.636. The predicted octanol–water partition coefficient (Wildman–Crippen LogP) is -0.751. The largest absolute Gasteiger partial charge is 0.480 e. The van der Waals surface area contributed by atoms with Gasteiger partial charge in [-0.2, -0.15) is 4.48 Å². The fourth-order valence-electron chi connectivity index (χ4n) is 3.60. The summed E-state index contributed by atoms with van der Waals surface area (Å²) in [6, 6.07) is 9.15. The van der Waals surface area contributed by atoms with Crippen molar-refractivity contribution in [3.63, 3.8) is 0 Å². The van der Waals surface area contributed by atoms with Crippen LogP contribution in [-0.2, 0) is 30.4 Å². The number of carbonyl (C=O) groups is 5. The summed E-state index contributed by atoms with van der Waals surface area (Å²) in [4.78, 5) is 59.9. The van der Waals surface area contributed by atoms with Gasteiger partial charge in [0.25, 0.3) is 0 Å². The van der Waals surface area contributed by atoms with Gasteiger partial charge in [-0.1, -0.05) is 30.3 Å². The third-order valence-electron chi connectivity index (χ3n) is 5.28. The molecular formula is C23H32N5O6+. The Morgan fingerprint density at radius 3 is 2.24 bits per heavy atom. The number of carboxylic acids is 1. The molecule has 0 fully saturated rings. The normalized spacial score (nSPS) is 15.2. The van der Waals surface area contributed by atoms with Crippen molar-refractivity contribution in [3.05, 3.63) is 48.0 Å². The molecule has 0 radical (unpaired) electrons. The molecule has 184 valence electrons. The Kier molecular flexibility index (Phi) is 10.5. The second kappa shape index (κ2) is 13.3. The van der Waals surface area contributed by atoms with Gasteiger partial charge in [0.05, 0.1) is 18.7 Å². The number of nitrogens with zero attached hydrogens (tertiary/aromatic N) is 1. The molecule has 1 unspecified atom stereocenters. The average molecular weight is 475 g/mol. The SMILES string of the molecule is CCNC(=O)CC(Cc1ccccc1)NC(=O)CCNC[N+]1(CNCC(=O)O)C(=O)C=CC1=O. The highest BCUT2D eigenvalue weighted by Gasteiger charge is 2.45. The van der Waals surface area contributed by atoms with Gasteiger partial charge in [0, 0.05) is 32.0 Å². The zero-order valence-electron chi connectivity index (χ0n) is 19.2. The predicted molar refractivity (Wildman–Crippen MR) is 123 cm³/mol. The molecule has 0 spiro atoms. The summed E-state index contributed by atoms with van der Waals surface area (Å²) in [5.74, 6) is -2.46. The van der Waals surface area contributed by atoms with Crippen LogP contribution in [0.4, 0.5) is 0 Å². The van der Waals surface area contributed by atoms with Crippen LogP contribution in [0.5, 0.6) is 0 Å². The number of amides is 4. The quantitative estimate of drug-likeness (QED) is 0.126. The zero-order valence-corrected chi connectivity index (χ0v) is 19.2. The van der Waals surface area contributed by atoms with Crippen LogP contribution in [-0.4, -0.2) is 78.2 Å². The van der Waals surface area contributed by atoms with Gasteiger partial charge in [-0.15, -0.1) is 0 Å². The molecule has 0 saturated heterocycles. The van der Waals surface area contributed by atoms with E-state index in [4.69, 9.17) is 5.11 Å². The smallest absolute Gasteiger partial charge is 0.348 e. The lowest BCUT2D eigenvalue weighted by molar-refractivity contribution is -0.777. The first-order chi connectivity index (χ1) is 16.3. The van der Waals surface area contributed by atoms with Crippen LogP contribution < -0.4 is 21.3 Å². The van der Waals surface area contributed by atoms with Gasteiger partial charge in [-0.25, -0.2) is 9.59 Å². The van der Waals surface area contributed by atoms with Crippen molar-refractivity contribution in [3.8, 4) is 0 Å². The summed E-state index contributed by atoms with van der Waals surface area (Å²) in [5, 5.41) is 19.9. The molecule has 1 aromatic carbocycles. The molecule has 2 rings (SSSR count). The first-order valence-electron chi connectivity index (χ1n) is 11.1. The van der Waals surface area contributed by atoms with E-state index in [1.54, 1.807) is 0 Å². The summed E-state index contributed by atoms with van der Waals surface area (Å²) in [5.41, 5.74) is 0.995. The topological polar surface area (TPSA) is 154 Å². The maximum Gasteiger partial charge on any atom is 0.348 e. The van der Waals surface area contributed by atoms with Gasteiger partial charge in [-0.05, 0) is 18.9 Å². The number of imide groups is 1. The van der Waals surface area contributed by atoms with E-state index >= 15 is 0 Å². The van der Waals surface area contributed by atoms with E-state index in [-0.39, 0.29) is 50.6 Å². The second-order valence-corrected chi connectivity index (χ2v) is 7.98. The number of hydrogen-bond acceptors (Lipinski definition) is 7. The van der Waals surface area contributed by atoms with E-state index in [0.717, 1.165) is 17.7 Å². The van der Waals surface area contributed by atoms with Crippen molar-refractivity contribution in [2.24, 2.45) is 0 Å². The van der Waals surface area contributed by atoms with E-state index < -0.39 is 28.8 Å². The number of quaternary nitrogens is 1. The highest BCUT2D eigenvalue weighted by Crippen LogP contribution is 2.15. The van der Waals surface area contributed by atoms with Gasteiger partial charge < -0.3 is 15.7 Å². The minimum atomic E-state index is -1.10. The van der Waals surface area contributed by atoms with Crippen LogP contribution in [0.3, 0.4) is 0 Å². The Morgan fingerprint density at radius 2 is 1.62 bits per heavy atom. The van der Waals surface area contributed by atoms with Crippen LogP contribution in [0.1, 0.15) is 25.3 Å². The average Bonchev–Trinajstić information content (AvgIpc) is 3.06. The number of benzene rings is 1. The Morgan fingerprint density at radius 1 is 0.971 bits per heavy atom. The molecule has 1 aromatic rings. The lowest BCUT2D eigenvalue weighted by Crippen LogP contribution is -2.61. The molecule has 0 bridgehead atoms. The van der Waals surface area contributed by atoms with Crippen molar-refractivity contribution in [2.45, 2.75) is 32.2 Å². The van der Waals surface area contributed by atoms with Gasteiger partial charge in [0.2, 0.25) is 11.8 Å². The molecule has 11 nitrogen and oxygen atoms in total. The van der Waals surface area contributed by atoms with Gasteiger partial charge in [0.15, 0.2) is 0 Å². The number of carboxylic acid groups (broad SMARTS) is 1. The highest BCUT2D eigenvalue weighted by molar-refractivity contribution is 6.04. The number of nitrogens with one attached hydrogen (secondary N) is 4. The summed E-state index contributed by atoms with van der Waals surface area (Å²) in [6.07, 6.45) is 3.04. The Labute approximate surface area is 198 Å². The Balaban J connectivity index is 1.88. The zero-order chi connectivity index (χ0) is 25.0. The third-order valence-corrected chi connectivity index (χ3v) is 5.28. The fraction of sp³-hybridized carbons (Fsp3) is 0.435. The van der Waals surface area contributed by atoms with Crippen molar-refractivity contribution in [1.82, 2.24) is 21.3 Å². The standard InChI is InChI=1S/C23H31N5O6/c1-2-26-20(30)13-18(12-17-6-4-3-5-7-17)27-19(29)10-11-24-15-28(16-25-14-23(33)34)21(31)8-9-22(28)32/h3-9,18,24-25H,2,10-16H2,1H3,(H2-,26,27,29,30,33,34)/p+1. The first-order valence-corrected chi connectivity index (χ1v) is 11.1. The van der Waals surface area contributed by atoms with Crippen molar-refractivity contribution >= 4 is 29.6 Å². The number of rotatable bonds is 15. The summed E-state index contributed by atoms with van der Waals surface area (Å²) >= 11 is 0. The van der Waals surface area contributed by atoms with E-state index in [1.807, 2.05) is 37.3 Å². The van der Waals surface area contributed by atoms with Gasteiger partial charge in [-0.3, -0.25) is 25.0 Å². The maximum atomic E-state index is 12.5. The minimum absolute atomic E-state index is 0.0685. The number of aliphatic carboxylic acids is 1. The monoisotopic (exact) mass is 474 g/mol. The highest BCUT2D eigenvalue weighted by atomic mass is 16.4. The Bertz CT molecular complexity index is 900. The molecular weight excluding hydrogens is 442 g/mol. The van der Waals surface area contributed by atoms with E-state index in [1.165, 1.54) is 0 Å². The summed E-state index contributed by atoms with van der Waals surface area (Å²) in [7, 11) is 0. The molecule has 1 aliphatic rings. The van der Waals surface area contributed by atoms with Crippen molar-refractivity contribution in [2.75, 3.05) is 33.0 Å². The third kappa shape index (κ3) is 8.18. The number of carbonyl (C=O) groups excluding carboxylic acids is 4. The van der Waals surface area contributed by atoms with Gasteiger partial charge in [0.1, 0.15) is 13.3 Å². The molecule has 1 aliphatic heterocycles. The lowest BCUT2D eigenvalue weighted by atomic mass is 10.0. The van der Waals surface area contributed by atoms with Crippen molar-refractivity contribution < 1.29 is 33.6 Å².